The highest BCUT2D eigenvalue weighted by Crippen LogP contribution is 2.40. The van der Waals surface area contributed by atoms with Crippen molar-refractivity contribution in [2.24, 2.45) is 0 Å². The number of amides is 2. The van der Waals surface area contributed by atoms with Crippen LogP contribution < -0.4 is 10.6 Å². The van der Waals surface area contributed by atoms with Crippen LogP contribution in [-0.4, -0.2) is 46.4 Å². The summed E-state index contributed by atoms with van der Waals surface area (Å²) in [5.41, 5.74) is 6.00. The number of benzene rings is 4. The van der Waals surface area contributed by atoms with E-state index < -0.39 is 12.3 Å². The first-order valence-corrected chi connectivity index (χ1v) is 17.9. The van der Waals surface area contributed by atoms with E-state index >= 15 is 0 Å². The van der Waals surface area contributed by atoms with Crippen molar-refractivity contribution in [3.63, 3.8) is 0 Å². The monoisotopic (exact) mass is 696 g/mol. The van der Waals surface area contributed by atoms with Crippen LogP contribution in [0, 0.1) is 0 Å². The second-order valence-electron chi connectivity index (χ2n) is 12.4. The van der Waals surface area contributed by atoms with E-state index in [2.05, 4.69) is 16.7 Å². The summed E-state index contributed by atoms with van der Waals surface area (Å²) in [6.07, 6.45) is 2.48. The van der Waals surface area contributed by atoms with E-state index in [0.717, 1.165) is 52.6 Å². The van der Waals surface area contributed by atoms with Crippen LogP contribution in [0.15, 0.2) is 102 Å². The van der Waals surface area contributed by atoms with E-state index in [1.807, 2.05) is 78.9 Å². The largest absolute Gasteiger partial charge is 0.478 e. The van der Waals surface area contributed by atoms with Gasteiger partial charge < -0.3 is 30.3 Å². The molecule has 1 aliphatic heterocycles. The first-order chi connectivity index (χ1) is 24.3. The number of hydrogen-bond acceptors (Lipinski definition) is 7. The molecule has 1 heterocycles. The van der Waals surface area contributed by atoms with Gasteiger partial charge in [0.05, 0.1) is 24.4 Å². The standard InChI is InChI=1S/C40H44N2O7S/c1-27(44)41-21-6-2-3-12-38(45)42-24-29-8-7-9-33(22-29)30-17-19-32(20-18-30)40-48-34(26-50-37-11-5-4-10-35(37)39(46)47)23-36(49-40)31-15-13-28(25-43)14-16-31/h4-5,7-11,13-20,22,34,36,40,43H,2-3,6,12,21,23-26H2,1H3,(H,41,44)(H,42,45)(H,46,47)/t34-,36+,40+/m1/s1. The zero-order valence-corrected chi connectivity index (χ0v) is 29.0. The van der Waals surface area contributed by atoms with Gasteiger partial charge >= 0.3 is 5.97 Å². The fourth-order valence-electron chi connectivity index (χ4n) is 5.81. The van der Waals surface area contributed by atoms with Gasteiger partial charge in [-0.1, -0.05) is 85.3 Å². The molecule has 0 bridgehead atoms. The molecule has 9 nitrogen and oxygen atoms in total. The van der Waals surface area contributed by atoms with Gasteiger partial charge in [-0.15, -0.1) is 11.8 Å². The van der Waals surface area contributed by atoms with Crippen molar-refractivity contribution < 1.29 is 34.1 Å². The number of carboxylic acids is 1. The Labute approximate surface area is 297 Å². The maximum absolute atomic E-state index is 12.4. The maximum Gasteiger partial charge on any atom is 0.336 e. The lowest BCUT2D eigenvalue weighted by Gasteiger charge is -2.36. The van der Waals surface area contributed by atoms with Crippen LogP contribution in [0.25, 0.3) is 11.1 Å². The Balaban J connectivity index is 1.22. The SMILES string of the molecule is CC(=O)NCCCCCC(=O)NCc1cccc(-c2ccc([C@H]3O[C@@H](CSc4ccccc4C(=O)O)C[C@@H](c4ccc(CO)cc4)O3)cc2)c1. The molecule has 0 aromatic heterocycles. The van der Waals surface area contributed by atoms with Gasteiger partial charge in [-0.2, -0.15) is 0 Å². The fraction of sp³-hybridized carbons (Fsp3) is 0.325. The predicted octanol–water partition coefficient (Wildman–Crippen LogP) is 7.19. The highest BCUT2D eigenvalue weighted by Gasteiger charge is 2.32. The van der Waals surface area contributed by atoms with Crippen LogP contribution in [0.4, 0.5) is 0 Å². The molecule has 2 amide bonds. The number of carbonyl (C=O) groups excluding carboxylic acids is 2. The third kappa shape index (κ3) is 10.8. The summed E-state index contributed by atoms with van der Waals surface area (Å²) in [5, 5.41) is 25.0. The minimum absolute atomic E-state index is 0.0113. The number of thioether (sulfide) groups is 1. The molecule has 1 saturated heterocycles. The lowest BCUT2D eigenvalue weighted by Crippen LogP contribution is -2.31. The van der Waals surface area contributed by atoms with Crippen LogP contribution in [0.3, 0.4) is 0 Å². The Bertz CT molecular complexity index is 1730. The molecule has 10 heteroatoms. The van der Waals surface area contributed by atoms with Gasteiger partial charge in [0.2, 0.25) is 11.8 Å². The molecule has 0 unspecified atom stereocenters. The average Bonchev–Trinajstić information content (AvgIpc) is 3.14. The highest BCUT2D eigenvalue weighted by atomic mass is 32.2. The van der Waals surface area contributed by atoms with E-state index in [0.29, 0.717) is 36.6 Å². The molecule has 1 aliphatic rings. The summed E-state index contributed by atoms with van der Waals surface area (Å²) in [4.78, 5) is 35.8. The topological polar surface area (TPSA) is 134 Å². The normalized spacial score (nSPS) is 17.2. The summed E-state index contributed by atoms with van der Waals surface area (Å²) in [7, 11) is 0. The number of unbranched alkanes of at least 4 members (excludes halogenated alkanes) is 2. The molecule has 0 radical (unpaired) electrons. The van der Waals surface area contributed by atoms with Gasteiger partial charge in [-0.25, -0.2) is 4.79 Å². The predicted molar refractivity (Wildman–Crippen MR) is 193 cm³/mol. The molecule has 5 rings (SSSR count). The summed E-state index contributed by atoms with van der Waals surface area (Å²) in [6.45, 7) is 2.54. The summed E-state index contributed by atoms with van der Waals surface area (Å²) >= 11 is 1.46. The molecule has 0 saturated carbocycles. The molecule has 0 aliphatic carbocycles. The lowest BCUT2D eigenvalue weighted by atomic mass is 9.99. The number of carboxylic acid groups (broad SMARTS) is 1. The molecule has 3 atom stereocenters. The minimum atomic E-state index is -0.959. The molecular weight excluding hydrogens is 653 g/mol. The number of aliphatic hydroxyl groups is 1. The quantitative estimate of drug-likeness (QED) is 0.0715. The second-order valence-corrected chi connectivity index (χ2v) is 13.4. The van der Waals surface area contributed by atoms with Crippen molar-refractivity contribution in [2.75, 3.05) is 12.3 Å². The number of carbonyl (C=O) groups is 3. The number of ether oxygens (including phenoxy) is 2. The van der Waals surface area contributed by atoms with E-state index in [1.165, 1.54) is 18.7 Å². The van der Waals surface area contributed by atoms with Crippen LogP contribution in [0.2, 0.25) is 0 Å². The summed E-state index contributed by atoms with van der Waals surface area (Å²) < 4.78 is 13.0. The Kier molecular flexibility index (Phi) is 13.6. The number of rotatable bonds is 16. The van der Waals surface area contributed by atoms with Gasteiger partial charge in [0.15, 0.2) is 6.29 Å². The van der Waals surface area contributed by atoms with Crippen molar-refractivity contribution in [3.05, 3.63) is 125 Å². The van der Waals surface area contributed by atoms with Gasteiger partial charge in [0.25, 0.3) is 0 Å². The van der Waals surface area contributed by atoms with Crippen LogP contribution in [0.1, 0.15) is 84.0 Å². The van der Waals surface area contributed by atoms with Gasteiger partial charge in [0, 0.05) is 49.1 Å². The lowest BCUT2D eigenvalue weighted by molar-refractivity contribution is -0.245. The smallest absolute Gasteiger partial charge is 0.336 e. The summed E-state index contributed by atoms with van der Waals surface area (Å²) in [6, 6.07) is 30.9. The van der Waals surface area contributed by atoms with Gasteiger partial charge in [0.1, 0.15) is 0 Å². The molecule has 0 spiro atoms. The van der Waals surface area contributed by atoms with E-state index in [4.69, 9.17) is 9.47 Å². The molecule has 4 aromatic carbocycles. The van der Waals surface area contributed by atoms with Crippen LogP contribution in [-0.2, 0) is 32.2 Å². The van der Waals surface area contributed by atoms with Crippen molar-refractivity contribution >= 4 is 29.5 Å². The second kappa shape index (κ2) is 18.5. The zero-order chi connectivity index (χ0) is 35.3. The Morgan fingerprint density at radius 2 is 1.56 bits per heavy atom. The Morgan fingerprint density at radius 3 is 2.30 bits per heavy atom. The highest BCUT2D eigenvalue weighted by molar-refractivity contribution is 7.99. The zero-order valence-electron chi connectivity index (χ0n) is 28.2. The first kappa shape index (κ1) is 36.8. The molecule has 4 aromatic rings. The fourth-order valence-corrected chi connectivity index (χ4v) is 6.87. The van der Waals surface area contributed by atoms with Gasteiger partial charge in [-0.05, 0) is 58.9 Å². The average molecular weight is 697 g/mol. The Hall–Kier alpha value is -4.48. The summed E-state index contributed by atoms with van der Waals surface area (Å²) in [5.74, 6) is -0.432. The first-order valence-electron chi connectivity index (χ1n) is 16.9. The van der Waals surface area contributed by atoms with E-state index in [9.17, 15) is 24.6 Å². The number of hydrogen-bond donors (Lipinski definition) is 4. The molecular formula is C40H44N2O7S. The molecule has 50 heavy (non-hydrogen) atoms. The minimum Gasteiger partial charge on any atom is -0.478 e. The number of aromatic carboxylic acids is 1. The molecule has 4 N–H and O–H groups in total. The van der Waals surface area contributed by atoms with Crippen LogP contribution >= 0.6 is 11.8 Å². The third-order valence-electron chi connectivity index (χ3n) is 8.54. The van der Waals surface area contributed by atoms with Crippen molar-refractivity contribution in [3.8, 4) is 11.1 Å². The van der Waals surface area contributed by atoms with E-state index in [1.54, 1.807) is 12.1 Å². The Morgan fingerprint density at radius 1 is 0.800 bits per heavy atom. The van der Waals surface area contributed by atoms with E-state index in [-0.39, 0.29) is 36.2 Å². The third-order valence-corrected chi connectivity index (χ3v) is 9.75. The molecule has 1 fully saturated rings. The number of nitrogens with one attached hydrogen (secondary N) is 2. The van der Waals surface area contributed by atoms with Crippen molar-refractivity contribution in [1.82, 2.24) is 10.6 Å². The van der Waals surface area contributed by atoms with Gasteiger partial charge in [-0.3, -0.25) is 9.59 Å². The van der Waals surface area contributed by atoms with Crippen molar-refractivity contribution in [2.45, 2.75) is 75.6 Å². The molecule has 262 valence electrons. The van der Waals surface area contributed by atoms with Crippen LogP contribution in [0.5, 0.6) is 0 Å². The van der Waals surface area contributed by atoms with Crippen molar-refractivity contribution in [1.29, 1.82) is 0 Å². The maximum atomic E-state index is 12.4. The number of aliphatic hydroxyl groups excluding tert-OH is 1.